The summed E-state index contributed by atoms with van der Waals surface area (Å²) in [6.45, 7) is 3.57. The molecule has 1 saturated heterocycles. The van der Waals surface area contributed by atoms with Gasteiger partial charge in [-0.2, -0.15) is 5.26 Å². The predicted octanol–water partition coefficient (Wildman–Crippen LogP) is 2.95. The maximum atomic E-state index is 13.6. The van der Waals surface area contributed by atoms with Gasteiger partial charge in [0.25, 0.3) is 0 Å². The molecule has 0 radical (unpaired) electrons. The third kappa shape index (κ3) is 3.72. The van der Waals surface area contributed by atoms with Gasteiger partial charge in [0.05, 0.1) is 22.9 Å². The molecule has 2 N–H and O–H groups in total. The number of thiazole rings is 1. The quantitative estimate of drug-likeness (QED) is 0.877. The number of nitrogens with one attached hydrogen (secondary N) is 1. The number of hydrogen-bond acceptors (Lipinski definition) is 6. The number of hydrogen-bond donors (Lipinski definition) is 2. The van der Waals surface area contributed by atoms with E-state index in [1.54, 1.807) is 24.3 Å². The van der Waals surface area contributed by atoms with E-state index in [0.717, 1.165) is 34.0 Å². The van der Waals surface area contributed by atoms with Crippen molar-refractivity contribution in [1.82, 2.24) is 15.4 Å². The first kappa shape index (κ1) is 18.0. The number of halogens is 1. The Morgan fingerprint density at radius 2 is 2.32 bits per heavy atom. The molecule has 0 saturated carbocycles. The van der Waals surface area contributed by atoms with Gasteiger partial charge in [0.2, 0.25) is 0 Å². The van der Waals surface area contributed by atoms with E-state index in [2.05, 4.69) is 16.5 Å². The van der Waals surface area contributed by atoms with Gasteiger partial charge in [0, 0.05) is 30.0 Å². The number of benzene rings is 1. The van der Waals surface area contributed by atoms with Gasteiger partial charge >= 0.3 is 0 Å². The molecule has 3 atom stereocenters. The van der Waals surface area contributed by atoms with Gasteiger partial charge in [-0.1, -0.05) is 0 Å². The maximum absolute atomic E-state index is 13.6. The maximum Gasteiger partial charge on any atom is 0.123 e. The monoisotopic (exact) mass is 360 g/mol. The molecule has 1 aliphatic heterocycles. The fourth-order valence-corrected chi connectivity index (χ4v) is 4.28. The molecule has 1 aliphatic rings. The van der Waals surface area contributed by atoms with Crippen molar-refractivity contribution in [2.75, 3.05) is 7.05 Å². The average Bonchev–Trinajstić information content (AvgIpc) is 3.10. The van der Waals surface area contributed by atoms with Crippen LogP contribution in [0, 0.1) is 24.1 Å². The van der Waals surface area contributed by atoms with Crippen LogP contribution in [0.1, 0.15) is 34.9 Å². The van der Waals surface area contributed by atoms with Crippen LogP contribution in [-0.4, -0.2) is 34.2 Å². The molecule has 0 bridgehead atoms. The second-order valence-electron chi connectivity index (χ2n) is 6.43. The lowest BCUT2D eigenvalue weighted by molar-refractivity contribution is 0.199. The summed E-state index contributed by atoms with van der Waals surface area (Å²) in [5.41, 5.74) is 5.25. The van der Waals surface area contributed by atoms with E-state index in [4.69, 9.17) is 5.26 Å². The molecule has 0 aliphatic carbocycles. The van der Waals surface area contributed by atoms with Crippen molar-refractivity contribution in [3.05, 3.63) is 39.5 Å². The Hall–Kier alpha value is -1.85. The van der Waals surface area contributed by atoms with Gasteiger partial charge in [-0.3, -0.25) is 0 Å². The first-order chi connectivity index (χ1) is 11.9. The summed E-state index contributed by atoms with van der Waals surface area (Å²) in [7, 11) is 1.94. The minimum atomic E-state index is -0.778. The minimum Gasteiger partial charge on any atom is -0.389 e. The van der Waals surface area contributed by atoms with Crippen molar-refractivity contribution in [2.24, 2.45) is 0 Å². The summed E-state index contributed by atoms with van der Waals surface area (Å²) in [5, 5.41) is 22.1. The van der Waals surface area contributed by atoms with Gasteiger partial charge in [0.15, 0.2) is 0 Å². The third-order valence-corrected chi connectivity index (χ3v) is 5.51. The largest absolute Gasteiger partial charge is 0.389 e. The molecule has 3 rings (SSSR count). The van der Waals surface area contributed by atoms with Crippen LogP contribution in [0.25, 0.3) is 11.3 Å². The van der Waals surface area contributed by atoms with E-state index < -0.39 is 6.10 Å². The van der Waals surface area contributed by atoms with E-state index in [9.17, 15) is 9.50 Å². The Bertz CT molecular complexity index is 814. The third-order valence-electron chi connectivity index (χ3n) is 4.51. The van der Waals surface area contributed by atoms with Crippen LogP contribution >= 0.6 is 11.3 Å². The van der Waals surface area contributed by atoms with Crippen LogP contribution < -0.4 is 5.43 Å². The second-order valence-corrected chi connectivity index (χ2v) is 7.72. The van der Waals surface area contributed by atoms with Gasteiger partial charge in [-0.05, 0) is 44.0 Å². The highest BCUT2D eigenvalue weighted by atomic mass is 32.1. The van der Waals surface area contributed by atoms with E-state index >= 15 is 0 Å². The minimum absolute atomic E-state index is 0.175. The molecule has 2 heterocycles. The predicted molar refractivity (Wildman–Crippen MR) is 95.3 cm³/mol. The number of hydrazine groups is 1. The highest BCUT2D eigenvalue weighted by Crippen LogP contribution is 2.35. The Morgan fingerprint density at radius 1 is 1.56 bits per heavy atom. The fourth-order valence-electron chi connectivity index (χ4n) is 3.26. The normalized spacial score (nSPS) is 22.1. The molecule has 0 amide bonds. The summed E-state index contributed by atoms with van der Waals surface area (Å²) in [6.07, 6.45) is 0.717. The number of likely N-dealkylation sites (N-methyl/N-ethyl adjacent to an activating group) is 1. The zero-order valence-electron chi connectivity index (χ0n) is 14.5. The Balaban J connectivity index is 1.96. The highest BCUT2D eigenvalue weighted by Gasteiger charge is 2.30. The molecule has 1 fully saturated rings. The van der Waals surface area contributed by atoms with E-state index in [-0.39, 0.29) is 17.9 Å². The van der Waals surface area contributed by atoms with Crippen molar-refractivity contribution < 1.29 is 9.50 Å². The second kappa shape index (κ2) is 7.18. The highest BCUT2D eigenvalue weighted by molar-refractivity contribution is 7.12. The molecular formula is C18H21FN4OS. The lowest BCUT2D eigenvalue weighted by Gasteiger charge is -2.19. The molecule has 5 nitrogen and oxygen atoms in total. The lowest BCUT2D eigenvalue weighted by Crippen LogP contribution is -2.36. The summed E-state index contributed by atoms with van der Waals surface area (Å²) in [5.74, 6) is -0.371. The number of nitriles is 1. The summed E-state index contributed by atoms with van der Waals surface area (Å²) in [4.78, 5) is 5.73. The van der Waals surface area contributed by atoms with E-state index in [1.165, 1.54) is 12.1 Å². The van der Waals surface area contributed by atoms with Crippen molar-refractivity contribution in [3.8, 4) is 17.3 Å². The van der Waals surface area contributed by atoms with Crippen LogP contribution in [0.2, 0.25) is 0 Å². The number of aliphatic hydroxyl groups is 1. The van der Waals surface area contributed by atoms with Gasteiger partial charge in [0.1, 0.15) is 11.9 Å². The summed E-state index contributed by atoms with van der Waals surface area (Å²) >= 11 is 1.61. The zero-order valence-corrected chi connectivity index (χ0v) is 15.3. The van der Waals surface area contributed by atoms with E-state index in [0.29, 0.717) is 5.56 Å². The first-order valence-corrected chi connectivity index (χ1v) is 9.03. The summed E-state index contributed by atoms with van der Waals surface area (Å²) < 4.78 is 13.6. The lowest BCUT2D eigenvalue weighted by atomic mass is 9.97. The molecule has 0 spiro atoms. The topological polar surface area (TPSA) is 72.2 Å². The smallest absolute Gasteiger partial charge is 0.123 e. The van der Waals surface area contributed by atoms with Gasteiger partial charge < -0.3 is 5.11 Å². The van der Waals surface area contributed by atoms with Crippen molar-refractivity contribution in [1.29, 1.82) is 5.26 Å². The van der Waals surface area contributed by atoms with Crippen LogP contribution in [0.5, 0.6) is 0 Å². The summed E-state index contributed by atoms with van der Waals surface area (Å²) in [6, 6.07) is 6.72. The average molecular weight is 360 g/mol. The van der Waals surface area contributed by atoms with Crippen molar-refractivity contribution in [2.45, 2.75) is 44.9 Å². The van der Waals surface area contributed by atoms with Crippen molar-refractivity contribution in [3.63, 3.8) is 0 Å². The zero-order chi connectivity index (χ0) is 18.1. The number of nitrogens with zero attached hydrogens (tertiary/aromatic N) is 3. The number of rotatable bonds is 4. The molecule has 2 aromatic rings. The Labute approximate surface area is 150 Å². The molecule has 2 unspecified atom stereocenters. The van der Waals surface area contributed by atoms with Crippen LogP contribution in [-0.2, 0) is 6.42 Å². The number of aliphatic hydroxyl groups excluding tert-OH is 1. The molecule has 1 aromatic carbocycles. The molecule has 1 aromatic heterocycles. The molecule has 132 valence electrons. The first-order valence-electron chi connectivity index (χ1n) is 8.21. The Kier molecular flexibility index (Phi) is 5.16. The SMILES string of the molecule is Cc1nc(-c2ccc(F)cc2[C@@H](C)O)c(CC2CC(C#N)NN2C)s1. The van der Waals surface area contributed by atoms with Gasteiger partial charge in [-0.25, -0.2) is 19.8 Å². The fraction of sp³-hybridized carbons (Fsp3) is 0.444. The molecular weight excluding hydrogens is 339 g/mol. The van der Waals surface area contributed by atoms with Crippen LogP contribution in [0.3, 0.4) is 0 Å². The van der Waals surface area contributed by atoms with Crippen molar-refractivity contribution >= 4 is 11.3 Å². The Morgan fingerprint density at radius 3 is 2.96 bits per heavy atom. The van der Waals surface area contributed by atoms with Crippen LogP contribution in [0.4, 0.5) is 4.39 Å². The molecule has 25 heavy (non-hydrogen) atoms. The van der Waals surface area contributed by atoms with Crippen LogP contribution in [0.15, 0.2) is 18.2 Å². The number of aromatic nitrogens is 1. The van der Waals surface area contributed by atoms with Gasteiger partial charge in [-0.15, -0.1) is 11.3 Å². The molecule has 7 heteroatoms. The number of aryl methyl sites for hydroxylation is 1. The van der Waals surface area contributed by atoms with E-state index in [1.807, 2.05) is 19.0 Å². The standard InChI is InChI=1S/C18H21FN4OS/c1-10(24)16-6-12(19)4-5-15(16)18-17(25-11(2)21-18)8-14-7-13(9-20)22-23(14)3/h4-6,10,13-14,22,24H,7-8H2,1-3H3/t10-,13?,14?/m1/s1.